The fraction of sp³-hybridized carbons (Fsp3) is 0.211. The third-order valence-electron chi connectivity index (χ3n) is 3.98. The van der Waals surface area contributed by atoms with E-state index in [1.807, 2.05) is 55.0 Å². The lowest BCUT2D eigenvalue weighted by atomic mass is 10.0. The molecular weight excluding hydrogens is 284 g/mol. The van der Waals surface area contributed by atoms with E-state index in [9.17, 15) is 0 Å². The van der Waals surface area contributed by atoms with Gasteiger partial charge in [-0.25, -0.2) is 9.97 Å². The SMILES string of the molecule is CCC(c1ccncc1)N(C)c1ccnc(-c2ccccc2)n1. The highest BCUT2D eigenvalue weighted by Gasteiger charge is 2.17. The minimum Gasteiger partial charge on any atom is -0.353 e. The maximum Gasteiger partial charge on any atom is 0.161 e. The first kappa shape index (κ1) is 15.2. The highest BCUT2D eigenvalue weighted by atomic mass is 15.2. The number of pyridine rings is 1. The second-order valence-electron chi connectivity index (χ2n) is 5.42. The van der Waals surface area contributed by atoms with Crippen molar-refractivity contribution in [2.45, 2.75) is 19.4 Å². The minimum absolute atomic E-state index is 0.261. The Balaban J connectivity index is 1.92. The fourth-order valence-corrected chi connectivity index (χ4v) is 2.75. The number of anilines is 1. The molecule has 3 rings (SSSR count). The summed E-state index contributed by atoms with van der Waals surface area (Å²) in [4.78, 5) is 15.4. The van der Waals surface area contributed by atoms with E-state index in [-0.39, 0.29) is 6.04 Å². The molecule has 1 unspecified atom stereocenters. The summed E-state index contributed by atoms with van der Waals surface area (Å²) < 4.78 is 0. The summed E-state index contributed by atoms with van der Waals surface area (Å²) in [6.45, 7) is 2.18. The molecule has 0 aliphatic heterocycles. The second-order valence-corrected chi connectivity index (χ2v) is 5.42. The highest BCUT2D eigenvalue weighted by molar-refractivity contribution is 5.57. The summed E-state index contributed by atoms with van der Waals surface area (Å²) >= 11 is 0. The predicted molar refractivity (Wildman–Crippen MR) is 93.1 cm³/mol. The van der Waals surface area contributed by atoms with Crippen molar-refractivity contribution in [3.05, 3.63) is 72.7 Å². The molecule has 0 aliphatic carbocycles. The van der Waals surface area contributed by atoms with Crippen LogP contribution in [0.4, 0.5) is 5.82 Å². The average Bonchev–Trinajstić information content (AvgIpc) is 2.64. The van der Waals surface area contributed by atoms with Crippen molar-refractivity contribution in [2.75, 3.05) is 11.9 Å². The van der Waals surface area contributed by atoms with Crippen molar-refractivity contribution in [2.24, 2.45) is 0 Å². The topological polar surface area (TPSA) is 41.9 Å². The molecule has 0 bridgehead atoms. The number of hydrogen-bond donors (Lipinski definition) is 0. The molecule has 3 aromatic rings. The summed E-state index contributed by atoms with van der Waals surface area (Å²) in [5.41, 5.74) is 2.27. The van der Waals surface area contributed by atoms with Crippen LogP contribution in [-0.2, 0) is 0 Å². The van der Waals surface area contributed by atoms with Crippen LogP contribution < -0.4 is 4.90 Å². The molecule has 4 heteroatoms. The molecule has 1 aromatic carbocycles. The molecule has 0 fully saturated rings. The van der Waals surface area contributed by atoms with Gasteiger partial charge in [0.05, 0.1) is 6.04 Å². The summed E-state index contributed by atoms with van der Waals surface area (Å²) in [6.07, 6.45) is 6.48. The molecule has 2 heterocycles. The van der Waals surface area contributed by atoms with E-state index < -0.39 is 0 Å². The largest absolute Gasteiger partial charge is 0.353 e. The van der Waals surface area contributed by atoms with Crippen molar-refractivity contribution in [3.63, 3.8) is 0 Å². The number of nitrogens with zero attached hydrogens (tertiary/aromatic N) is 4. The number of rotatable bonds is 5. The monoisotopic (exact) mass is 304 g/mol. The van der Waals surface area contributed by atoms with E-state index in [1.165, 1.54) is 5.56 Å². The lowest BCUT2D eigenvalue weighted by molar-refractivity contribution is 0.640. The van der Waals surface area contributed by atoms with Gasteiger partial charge < -0.3 is 4.90 Å². The zero-order valence-electron chi connectivity index (χ0n) is 13.4. The van der Waals surface area contributed by atoms with Gasteiger partial charge in [0, 0.05) is 31.2 Å². The molecule has 2 aromatic heterocycles. The molecular formula is C19H20N4. The Morgan fingerprint density at radius 3 is 2.39 bits per heavy atom. The van der Waals surface area contributed by atoms with E-state index in [2.05, 4.69) is 41.0 Å². The zero-order chi connectivity index (χ0) is 16.1. The molecule has 0 saturated heterocycles. The summed E-state index contributed by atoms with van der Waals surface area (Å²) in [6, 6.07) is 16.4. The summed E-state index contributed by atoms with van der Waals surface area (Å²) in [5, 5.41) is 0. The Bertz CT molecular complexity index is 744. The molecule has 0 amide bonds. The zero-order valence-corrected chi connectivity index (χ0v) is 13.4. The van der Waals surface area contributed by atoms with Gasteiger partial charge in [0.2, 0.25) is 0 Å². The van der Waals surface area contributed by atoms with E-state index in [0.717, 1.165) is 23.6 Å². The summed E-state index contributed by atoms with van der Waals surface area (Å²) in [7, 11) is 2.08. The standard InChI is InChI=1S/C19H20N4/c1-3-17(15-9-12-20-13-10-15)23(2)18-11-14-21-19(22-18)16-7-5-4-6-8-16/h4-14,17H,3H2,1-2H3. The van der Waals surface area contributed by atoms with Crippen LogP contribution in [0.1, 0.15) is 24.9 Å². The minimum atomic E-state index is 0.261. The van der Waals surface area contributed by atoms with Gasteiger partial charge >= 0.3 is 0 Å². The first-order valence-electron chi connectivity index (χ1n) is 7.81. The summed E-state index contributed by atoms with van der Waals surface area (Å²) in [5.74, 6) is 1.67. The first-order chi connectivity index (χ1) is 11.3. The van der Waals surface area contributed by atoms with Gasteiger partial charge in [-0.15, -0.1) is 0 Å². The smallest absolute Gasteiger partial charge is 0.161 e. The quantitative estimate of drug-likeness (QED) is 0.711. The van der Waals surface area contributed by atoms with Gasteiger partial charge in [-0.1, -0.05) is 37.3 Å². The van der Waals surface area contributed by atoms with Crippen molar-refractivity contribution in [3.8, 4) is 11.4 Å². The Hall–Kier alpha value is -2.75. The molecule has 0 radical (unpaired) electrons. The maximum atomic E-state index is 4.74. The molecule has 0 N–H and O–H groups in total. The highest BCUT2D eigenvalue weighted by Crippen LogP contribution is 2.27. The molecule has 0 saturated carbocycles. The van der Waals surface area contributed by atoms with Crippen molar-refractivity contribution in [1.82, 2.24) is 15.0 Å². The Morgan fingerprint density at radius 2 is 1.70 bits per heavy atom. The number of benzene rings is 1. The predicted octanol–water partition coefficient (Wildman–Crippen LogP) is 4.13. The maximum absolute atomic E-state index is 4.74. The van der Waals surface area contributed by atoms with E-state index >= 15 is 0 Å². The molecule has 4 nitrogen and oxygen atoms in total. The van der Waals surface area contributed by atoms with Crippen LogP contribution in [0.2, 0.25) is 0 Å². The third-order valence-corrected chi connectivity index (χ3v) is 3.98. The molecule has 116 valence electrons. The van der Waals surface area contributed by atoms with Crippen molar-refractivity contribution < 1.29 is 0 Å². The normalized spacial score (nSPS) is 11.9. The van der Waals surface area contributed by atoms with E-state index in [1.54, 1.807) is 0 Å². The van der Waals surface area contributed by atoms with Crippen LogP contribution in [0, 0.1) is 0 Å². The van der Waals surface area contributed by atoms with Crippen LogP contribution in [0.25, 0.3) is 11.4 Å². The van der Waals surface area contributed by atoms with Gasteiger partial charge in [0.15, 0.2) is 5.82 Å². The van der Waals surface area contributed by atoms with Crippen LogP contribution in [0.3, 0.4) is 0 Å². The average molecular weight is 304 g/mol. The van der Waals surface area contributed by atoms with Gasteiger partial charge in [-0.2, -0.15) is 0 Å². The molecule has 0 spiro atoms. The first-order valence-corrected chi connectivity index (χ1v) is 7.81. The Labute approximate surface area is 136 Å². The number of aromatic nitrogens is 3. The van der Waals surface area contributed by atoms with Crippen molar-refractivity contribution in [1.29, 1.82) is 0 Å². The fourth-order valence-electron chi connectivity index (χ4n) is 2.75. The number of hydrogen-bond acceptors (Lipinski definition) is 4. The van der Waals surface area contributed by atoms with Crippen LogP contribution >= 0.6 is 0 Å². The molecule has 0 aliphatic rings. The van der Waals surface area contributed by atoms with Crippen LogP contribution in [0.15, 0.2) is 67.1 Å². The van der Waals surface area contributed by atoms with Crippen molar-refractivity contribution >= 4 is 5.82 Å². The third kappa shape index (κ3) is 3.37. The van der Waals surface area contributed by atoms with E-state index in [0.29, 0.717) is 0 Å². The van der Waals surface area contributed by atoms with Gasteiger partial charge in [-0.05, 0) is 30.2 Å². The lowest BCUT2D eigenvalue weighted by Crippen LogP contribution is -2.24. The van der Waals surface area contributed by atoms with Crippen LogP contribution in [-0.4, -0.2) is 22.0 Å². The second kappa shape index (κ2) is 7.01. The van der Waals surface area contributed by atoms with Crippen LogP contribution in [0.5, 0.6) is 0 Å². The molecule has 23 heavy (non-hydrogen) atoms. The Kier molecular flexibility index (Phi) is 4.62. The van der Waals surface area contributed by atoms with Gasteiger partial charge in [-0.3, -0.25) is 4.98 Å². The lowest BCUT2D eigenvalue weighted by Gasteiger charge is -2.28. The van der Waals surface area contributed by atoms with Gasteiger partial charge in [0.1, 0.15) is 5.82 Å². The van der Waals surface area contributed by atoms with E-state index in [4.69, 9.17) is 4.98 Å². The van der Waals surface area contributed by atoms with Gasteiger partial charge in [0.25, 0.3) is 0 Å². The Morgan fingerprint density at radius 1 is 0.957 bits per heavy atom. The molecule has 1 atom stereocenters.